The van der Waals surface area contributed by atoms with Crippen molar-refractivity contribution in [3.63, 3.8) is 0 Å². The average molecular weight is 419 g/mol. The molecule has 0 aromatic rings. The molecule has 9 atom stereocenters. The Morgan fingerprint density at radius 3 is 2.33 bits per heavy atom. The predicted molar refractivity (Wildman–Crippen MR) is 125 cm³/mol. The molecule has 2 heteroatoms. The fourth-order valence-corrected chi connectivity index (χ4v) is 9.55. The molecule has 4 aliphatic rings. The smallest absolute Gasteiger partial charge is 0.0591 e. The van der Waals surface area contributed by atoms with Gasteiger partial charge >= 0.3 is 0 Å². The van der Waals surface area contributed by atoms with E-state index in [0.29, 0.717) is 23.4 Å². The van der Waals surface area contributed by atoms with Crippen molar-refractivity contribution < 1.29 is 10.2 Å². The van der Waals surface area contributed by atoms with Gasteiger partial charge in [0.2, 0.25) is 0 Å². The molecule has 174 valence electrons. The van der Waals surface area contributed by atoms with E-state index in [-0.39, 0.29) is 0 Å². The lowest BCUT2D eigenvalue weighted by Crippen LogP contribution is -2.53. The molecule has 4 fully saturated rings. The molecule has 0 radical (unpaired) electrons. The van der Waals surface area contributed by atoms with Crippen LogP contribution in [0.5, 0.6) is 0 Å². The van der Waals surface area contributed by atoms with Crippen molar-refractivity contribution in [1.29, 1.82) is 0 Å². The minimum atomic E-state index is -0.511. The fraction of sp³-hybridized carbons (Fsp3) is 1.00. The van der Waals surface area contributed by atoms with E-state index in [4.69, 9.17) is 0 Å². The second kappa shape index (κ2) is 8.36. The molecule has 0 saturated heterocycles. The van der Waals surface area contributed by atoms with Crippen LogP contribution in [0.4, 0.5) is 0 Å². The van der Waals surface area contributed by atoms with Crippen molar-refractivity contribution >= 4 is 0 Å². The van der Waals surface area contributed by atoms with E-state index in [0.717, 1.165) is 41.9 Å². The molecule has 4 rings (SSSR count). The Morgan fingerprint density at radius 1 is 0.933 bits per heavy atom. The highest BCUT2D eigenvalue weighted by molar-refractivity contribution is 5.09. The van der Waals surface area contributed by atoms with Crippen LogP contribution in [-0.4, -0.2) is 22.4 Å². The maximum atomic E-state index is 10.1. The van der Waals surface area contributed by atoms with Crippen molar-refractivity contribution in [2.75, 3.05) is 6.61 Å². The van der Waals surface area contributed by atoms with Gasteiger partial charge in [-0.25, -0.2) is 0 Å². The number of aliphatic hydroxyl groups is 2. The first-order chi connectivity index (χ1) is 14.1. The molecule has 0 aromatic carbocycles. The van der Waals surface area contributed by atoms with Crippen LogP contribution < -0.4 is 0 Å². The number of rotatable bonds is 6. The summed E-state index contributed by atoms with van der Waals surface area (Å²) in [4.78, 5) is 0. The van der Waals surface area contributed by atoms with Gasteiger partial charge in [-0.05, 0) is 130 Å². The largest absolute Gasteiger partial charge is 0.396 e. The molecule has 2 unspecified atom stereocenters. The molecule has 0 spiro atoms. The molecule has 30 heavy (non-hydrogen) atoms. The van der Waals surface area contributed by atoms with Crippen LogP contribution in [0.15, 0.2) is 0 Å². The predicted octanol–water partition coefficient (Wildman–Crippen LogP) is 6.83. The van der Waals surface area contributed by atoms with Crippen LogP contribution in [0.25, 0.3) is 0 Å². The highest BCUT2D eigenvalue weighted by atomic mass is 16.3. The van der Waals surface area contributed by atoms with Crippen LogP contribution in [0, 0.1) is 52.3 Å². The van der Waals surface area contributed by atoms with Gasteiger partial charge in [-0.1, -0.05) is 33.6 Å². The minimum absolute atomic E-state index is 0.411. The summed E-state index contributed by atoms with van der Waals surface area (Å²) < 4.78 is 0. The summed E-state index contributed by atoms with van der Waals surface area (Å²) >= 11 is 0. The summed E-state index contributed by atoms with van der Waals surface area (Å²) in [5.41, 5.74) is 0.593. The lowest BCUT2D eigenvalue weighted by Gasteiger charge is -2.61. The Morgan fingerprint density at radius 2 is 1.63 bits per heavy atom. The van der Waals surface area contributed by atoms with E-state index in [9.17, 15) is 10.2 Å². The maximum Gasteiger partial charge on any atom is 0.0591 e. The first-order valence-corrected chi connectivity index (χ1v) is 13.4. The molecule has 0 amide bonds. The van der Waals surface area contributed by atoms with Crippen molar-refractivity contribution in [3.8, 4) is 0 Å². The highest BCUT2D eigenvalue weighted by Crippen LogP contribution is 2.68. The zero-order chi connectivity index (χ0) is 21.7. The second-order valence-electron chi connectivity index (χ2n) is 13.4. The topological polar surface area (TPSA) is 40.5 Å². The number of aliphatic hydroxyl groups excluding tert-OH is 1. The van der Waals surface area contributed by atoms with Crippen LogP contribution in [0.1, 0.15) is 112 Å². The molecule has 0 heterocycles. The lowest BCUT2D eigenvalue weighted by atomic mass is 9.44. The zero-order valence-electron chi connectivity index (χ0n) is 20.6. The van der Waals surface area contributed by atoms with Gasteiger partial charge in [-0.2, -0.15) is 0 Å². The lowest BCUT2D eigenvalue weighted by molar-refractivity contribution is -0.123. The summed E-state index contributed by atoms with van der Waals surface area (Å²) in [5.74, 6) is 5.99. The van der Waals surface area contributed by atoms with E-state index < -0.39 is 5.60 Å². The van der Waals surface area contributed by atoms with Crippen molar-refractivity contribution in [2.24, 2.45) is 52.3 Å². The van der Waals surface area contributed by atoms with Gasteiger partial charge in [0.05, 0.1) is 5.60 Å². The monoisotopic (exact) mass is 418 g/mol. The van der Waals surface area contributed by atoms with Gasteiger partial charge in [0.15, 0.2) is 0 Å². The Balaban J connectivity index is 1.44. The number of fused-ring (bicyclic) bond motifs is 5. The van der Waals surface area contributed by atoms with E-state index in [1.165, 1.54) is 70.6 Å². The third kappa shape index (κ3) is 4.02. The van der Waals surface area contributed by atoms with Crippen LogP contribution >= 0.6 is 0 Å². The van der Waals surface area contributed by atoms with E-state index >= 15 is 0 Å². The van der Waals surface area contributed by atoms with Crippen LogP contribution in [0.3, 0.4) is 0 Å². The average Bonchev–Trinajstić information content (AvgIpc) is 3.03. The van der Waals surface area contributed by atoms with Crippen LogP contribution in [-0.2, 0) is 0 Å². The van der Waals surface area contributed by atoms with E-state index in [1.807, 2.05) is 13.8 Å². The first-order valence-electron chi connectivity index (χ1n) is 13.4. The summed E-state index contributed by atoms with van der Waals surface area (Å²) in [7, 11) is 0. The maximum absolute atomic E-state index is 10.1. The Bertz CT molecular complexity index is 594. The molecule has 2 nitrogen and oxygen atoms in total. The molecule has 2 N–H and O–H groups in total. The quantitative estimate of drug-likeness (QED) is 0.496. The SMILES string of the molecule is CC(CCCC(C)(C)O)[C@H]1CC[C@H]2[C@@H]3CC[C@H]4CC(CO)CC[C@]4(C)[C@H]3CC[C@]12C. The van der Waals surface area contributed by atoms with E-state index in [2.05, 4.69) is 20.8 Å². The van der Waals surface area contributed by atoms with Gasteiger partial charge in [-0.15, -0.1) is 0 Å². The Labute approximate surface area is 186 Å². The van der Waals surface area contributed by atoms with Crippen molar-refractivity contribution in [3.05, 3.63) is 0 Å². The van der Waals surface area contributed by atoms with Gasteiger partial charge in [0.25, 0.3) is 0 Å². The molecular formula is C28H50O2. The molecule has 0 aromatic heterocycles. The van der Waals surface area contributed by atoms with E-state index in [1.54, 1.807) is 0 Å². The summed E-state index contributed by atoms with van der Waals surface area (Å²) in [6.45, 7) is 12.2. The van der Waals surface area contributed by atoms with Gasteiger partial charge < -0.3 is 10.2 Å². The second-order valence-corrected chi connectivity index (χ2v) is 13.4. The number of hydrogen-bond donors (Lipinski definition) is 2. The zero-order valence-corrected chi connectivity index (χ0v) is 20.6. The molecular weight excluding hydrogens is 368 g/mol. The van der Waals surface area contributed by atoms with Gasteiger partial charge in [0.1, 0.15) is 0 Å². The molecule has 4 aliphatic carbocycles. The normalized spacial score (nSPS) is 47.3. The molecule has 0 aliphatic heterocycles. The molecule has 4 saturated carbocycles. The van der Waals surface area contributed by atoms with Gasteiger partial charge in [-0.3, -0.25) is 0 Å². The van der Waals surface area contributed by atoms with Gasteiger partial charge in [0, 0.05) is 6.61 Å². The summed E-state index contributed by atoms with van der Waals surface area (Å²) in [6, 6.07) is 0. The highest BCUT2D eigenvalue weighted by Gasteiger charge is 2.60. The third-order valence-corrected chi connectivity index (χ3v) is 11.2. The molecule has 0 bridgehead atoms. The van der Waals surface area contributed by atoms with Crippen molar-refractivity contribution in [2.45, 2.75) is 117 Å². The summed E-state index contributed by atoms with van der Waals surface area (Å²) in [6.07, 6.45) is 16.0. The fourth-order valence-electron chi connectivity index (χ4n) is 9.55. The third-order valence-electron chi connectivity index (χ3n) is 11.2. The minimum Gasteiger partial charge on any atom is -0.396 e. The van der Waals surface area contributed by atoms with Crippen LogP contribution in [0.2, 0.25) is 0 Å². The first kappa shape index (κ1) is 23.1. The standard InChI is InChI=1S/C28H50O2/c1-19(7-6-14-26(2,3)30)23-10-11-24-22-9-8-21-17-20(18-29)12-15-27(21,4)25(22)13-16-28(23,24)5/h19-25,29-30H,6-18H2,1-5H3/t19?,20?,21-,22-,23+,24-,25-,27-,28+/m0/s1. The number of hydrogen-bond acceptors (Lipinski definition) is 2. The Hall–Kier alpha value is -0.0800. The van der Waals surface area contributed by atoms with Crippen molar-refractivity contribution in [1.82, 2.24) is 0 Å². The Kier molecular flexibility index (Phi) is 6.44. The summed E-state index contributed by atoms with van der Waals surface area (Å²) in [5, 5.41) is 19.8.